The second-order valence-corrected chi connectivity index (χ2v) is 5.60. The zero-order valence-electron chi connectivity index (χ0n) is 8.14. The second kappa shape index (κ2) is 4.59. The smallest absolute Gasteiger partial charge is 0.140 e. The molecule has 0 spiro atoms. The topological polar surface area (TPSA) is 50.9 Å². The van der Waals surface area contributed by atoms with Crippen molar-refractivity contribution in [3.63, 3.8) is 0 Å². The van der Waals surface area contributed by atoms with E-state index in [2.05, 4.69) is 42.2 Å². The first-order valence-electron chi connectivity index (χ1n) is 4.22. The Morgan fingerprint density at radius 1 is 1.50 bits per heavy atom. The molecule has 0 saturated heterocycles. The van der Waals surface area contributed by atoms with Gasteiger partial charge < -0.3 is 11.1 Å². The summed E-state index contributed by atoms with van der Waals surface area (Å²) in [5, 5.41) is 3.18. The Kier molecular flexibility index (Phi) is 3.92. The van der Waals surface area contributed by atoms with Crippen molar-refractivity contribution in [3.8, 4) is 0 Å². The lowest BCUT2D eigenvalue weighted by Crippen LogP contribution is -2.39. The number of rotatable bonds is 3. The molecule has 0 saturated carbocycles. The zero-order valence-corrected chi connectivity index (χ0v) is 11.3. The Hall–Kier alpha value is -0.130. The van der Waals surface area contributed by atoms with Crippen LogP contribution in [0.3, 0.4) is 0 Å². The summed E-state index contributed by atoms with van der Waals surface area (Å²) in [6, 6.07) is 1.94. The van der Waals surface area contributed by atoms with E-state index in [9.17, 15) is 0 Å². The number of aromatic nitrogens is 1. The van der Waals surface area contributed by atoms with Gasteiger partial charge in [-0.3, -0.25) is 0 Å². The van der Waals surface area contributed by atoms with Gasteiger partial charge in [0.15, 0.2) is 0 Å². The molecule has 0 aromatic carbocycles. The lowest BCUT2D eigenvalue weighted by atomic mass is 10.1. The summed E-state index contributed by atoms with van der Waals surface area (Å²) in [5.74, 6) is 0.812. The van der Waals surface area contributed by atoms with Gasteiger partial charge in [-0.15, -0.1) is 0 Å². The van der Waals surface area contributed by atoms with Crippen LogP contribution in [-0.2, 0) is 0 Å². The van der Waals surface area contributed by atoms with E-state index in [1.807, 2.05) is 19.9 Å². The fourth-order valence-electron chi connectivity index (χ4n) is 0.856. The molecule has 1 aromatic rings. The largest absolute Gasteiger partial charge is 0.367 e. The summed E-state index contributed by atoms with van der Waals surface area (Å²) in [4.78, 5) is 4.22. The van der Waals surface area contributed by atoms with E-state index < -0.39 is 0 Å². The van der Waals surface area contributed by atoms with Crippen LogP contribution < -0.4 is 11.1 Å². The minimum absolute atomic E-state index is 0.242. The maximum Gasteiger partial charge on any atom is 0.140 e. The number of halogens is 2. The van der Waals surface area contributed by atoms with Crippen LogP contribution in [0, 0.1) is 0 Å². The quantitative estimate of drug-likeness (QED) is 0.899. The molecule has 0 aliphatic heterocycles. The lowest BCUT2D eigenvalue weighted by Gasteiger charge is -2.19. The Balaban J connectivity index is 2.68. The second-order valence-electron chi connectivity index (χ2n) is 3.83. The molecule has 0 unspecified atom stereocenters. The molecule has 0 radical (unpaired) electrons. The molecule has 3 N–H and O–H groups in total. The zero-order chi connectivity index (χ0) is 10.8. The van der Waals surface area contributed by atoms with E-state index in [4.69, 9.17) is 5.73 Å². The Labute approximate surface area is 101 Å². The van der Waals surface area contributed by atoms with Gasteiger partial charge in [-0.25, -0.2) is 4.98 Å². The summed E-state index contributed by atoms with van der Waals surface area (Å²) in [5.41, 5.74) is 5.61. The minimum Gasteiger partial charge on any atom is -0.367 e. The maximum absolute atomic E-state index is 5.85. The van der Waals surface area contributed by atoms with Crippen molar-refractivity contribution in [2.45, 2.75) is 19.4 Å². The summed E-state index contributed by atoms with van der Waals surface area (Å²) in [7, 11) is 0. The average Bonchev–Trinajstić information content (AvgIpc) is 2.00. The van der Waals surface area contributed by atoms with Crippen LogP contribution >= 0.6 is 31.9 Å². The average molecular weight is 323 g/mol. The summed E-state index contributed by atoms with van der Waals surface area (Å²) < 4.78 is 1.87. The van der Waals surface area contributed by atoms with Crippen molar-refractivity contribution in [2.24, 2.45) is 5.73 Å². The van der Waals surface area contributed by atoms with Crippen LogP contribution in [-0.4, -0.2) is 17.1 Å². The third-order valence-corrected chi connectivity index (χ3v) is 2.56. The van der Waals surface area contributed by atoms with Crippen molar-refractivity contribution in [3.05, 3.63) is 21.2 Å². The molecule has 0 bridgehead atoms. The first kappa shape index (κ1) is 11.9. The van der Waals surface area contributed by atoms with E-state index in [0.717, 1.165) is 14.8 Å². The number of hydrogen-bond donors (Lipinski definition) is 2. The van der Waals surface area contributed by atoms with Crippen LogP contribution in [0.1, 0.15) is 13.8 Å². The third-order valence-electron chi connectivity index (χ3n) is 1.52. The highest BCUT2D eigenvalue weighted by atomic mass is 79.9. The first-order chi connectivity index (χ1) is 6.38. The normalized spacial score (nSPS) is 11.5. The molecule has 0 aliphatic rings. The molecule has 5 heteroatoms. The number of hydrogen-bond acceptors (Lipinski definition) is 3. The van der Waals surface area contributed by atoms with Crippen LogP contribution in [0.5, 0.6) is 0 Å². The van der Waals surface area contributed by atoms with Gasteiger partial charge in [-0.1, -0.05) is 0 Å². The van der Waals surface area contributed by atoms with E-state index >= 15 is 0 Å². The fraction of sp³-hybridized carbons (Fsp3) is 0.444. The van der Waals surface area contributed by atoms with Gasteiger partial charge in [-0.05, 0) is 51.8 Å². The van der Waals surface area contributed by atoms with Gasteiger partial charge in [0, 0.05) is 22.8 Å². The molecule has 1 heterocycles. The maximum atomic E-state index is 5.85. The lowest BCUT2D eigenvalue weighted by molar-refractivity contribution is 0.548. The number of nitrogens with zero attached hydrogens (tertiary/aromatic N) is 1. The van der Waals surface area contributed by atoms with Crippen LogP contribution in [0.25, 0.3) is 0 Å². The molecule has 0 fully saturated rings. The standard InChI is InChI=1S/C9H13Br2N3/c1-9(2,12)5-14-8-7(11)3-6(10)4-13-8/h3-4H,5,12H2,1-2H3,(H,13,14). The van der Waals surface area contributed by atoms with Gasteiger partial charge in [0.2, 0.25) is 0 Å². The van der Waals surface area contributed by atoms with Gasteiger partial charge in [0.25, 0.3) is 0 Å². The third kappa shape index (κ3) is 3.94. The fourth-order valence-corrected chi connectivity index (χ4v) is 1.98. The number of nitrogens with two attached hydrogens (primary N) is 1. The van der Waals surface area contributed by atoms with E-state index in [0.29, 0.717) is 6.54 Å². The monoisotopic (exact) mass is 321 g/mol. The first-order valence-corrected chi connectivity index (χ1v) is 5.81. The highest BCUT2D eigenvalue weighted by molar-refractivity contribution is 9.11. The van der Waals surface area contributed by atoms with Crippen molar-refractivity contribution < 1.29 is 0 Å². The molecule has 3 nitrogen and oxygen atoms in total. The van der Waals surface area contributed by atoms with Gasteiger partial charge >= 0.3 is 0 Å². The Bertz CT molecular complexity index is 320. The summed E-state index contributed by atoms with van der Waals surface area (Å²) in [6.45, 7) is 4.61. The highest BCUT2D eigenvalue weighted by Crippen LogP contribution is 2.23. The Morgan fingerprint density at radius 2 is 2.14 bits per heavy atom. The van der Waals surface area contributed by atoms with Crippen molar-refractivity contribution in [1.82, 2.24) is 4.98 Å². The number of nitrogens with one attached hydrogen (secondary N) is 1. The highest BCUT2D eigenvalue weighted by Gasteiger charge is 2.11. The van der Waals surface area contributed by atoms with Crippen LogP contribution in [0.2, 0.25) is 0 Å². The van der Waals surface area contributed by atoms with E-state index in [1.165, 1.54) is 0 Å². The molecule has 14 heavy (non-hydrogen) atoms. The van der Waals surface area contributed by atoms with Gasteiger partial charge in [0.05, 0.1) is 4.47 Å². The van der Waals surface area contributed by atoms with E-state index in [-0.39, 0.29) is 5.54 Å². The molecular formula is C9H13Br2N3. The van der Waals surface area contributed by atoms with Crippen LogP contribution in [0.4, 0.5) is 5.82 Å². The molecule has 0 aliphatic carbocycles. The molecular weight excluding hydrogens is 310 g/mol. The van der Waals surface area contributed by atoms with Gasteiger partial charge in [0.1, 0.15) is 5.82 Å². The van der Waals surface area contributed by atoms with Crippen molar-refractivity contribution in [2.75, 3.05) is 11.9 Å². The molecule has 0 amide bonds. The SMILES string of the molecule is CC(C)(N)CNc1ncc(Br)cc1Br. The predicted octanol–water partition coefficient (Wildman–Crippen LogP) is 2.76. The predicted molar refractivity (Wildman–Crippen MR) is 66.4 cm³/mol. The molecule has 1 aromatic heterocycles. The van der Waals surface area contributed by atoms with Gasteiger partial charge in [-0.2, -0.15) is 0 Å². The minimum atomic E-state index is -0.242. The van der Waals surface area contributed by atoms with E-state index in [1.54, 1.807) is 6.20 Å². The van der Waals surface area contributed by atoms with Crippen LogP contribution in [0.15, 0.2) is 21.2 Å². The molecule has 78 valence electrons. The Morgan fingerprint density at radius 3 is 2.64 bits per heavy atom. The summed E-state index contributed by atoms with van der Waals surface area (Å²) >= 11 is 6.76. The van der Waals surface area contributed by atoms with Crippen molar-refractivity contribution in [1.29, 1.82) is 0 Å². The number of pyridine rings is 1. The molecule has 1 rings (SSSR count). The van der Waals surface area contributed by atoms with Crippen molar-refractivity contribution >= 4 is 37.7 Å². The number of anilines is 1. The summed E-state index contributed by atoms with van der Waals surface area (Å²) in [6.07, 6.45) is 1.75. The molecule has 0 atom stereocenters.